The minimum atomic E-state index is 0.134. The Kier molecular flexibility index (Phi) is 3.27. The van der Waals surface area contributed by atoms with Crippen LogP contribution in [-0.4, -0.2) is 5.78 Å². The van der Waals surface area contributed by atoms with E-state index in [1.165, 1.54) is 0 Å². The third kappa shape index (κ3) is 2.07. The molecule has 0 heterocycles. The minimum Gasteiger partial charge on any atom is -0.294 e. The standard InChI is InChI=1S/C11H16O/c1-3-6-9(2)10-7-4-5-8-11(10)12/h4-5,7-10H,3,6H2,1-2H3. The molecule has 1 aliphatic rings. The zero-order valence-electron chi connectivity index (χ0n) is 7.79. The number of allylic oxidation sites excluding steroid dienone is 4. The van der Waals surface area contributed by atoms with Crippen molar-refractivity contribution in [3.05, 3.63) is 24.3 Å². The maximum Gasteiger partial charge on any atom is 0.162 e. The first-order valence-corrected chi connectivity index (χ1v) is 4.64. The Morgan fingerprint density at radius 2 is 2.25 bits per heavy atom. The van der Waals surface area contributed by atoms with Crippen LogP contribution in [0.4, 0.5) is 0 Å². The average molecular weight is 164 g/mol. The van der Waals surface area contributed by atoms with Crippen molar-refractivity contribution in [1.29, 1.82) is 0 Å². The quantitative estimate of drug-likeness (QED) is 0.626. The monoisotopic (exact) mass is 164 g/mol. The zero-order chi connectivity index (χ0) is 8.97. The summed E-state index contributed by atoms with van der Waals surface area (Å²) in [6, 6.07) is 0. The second-order valence-electron chi connectivity index (χ2n) is 3.44. The molecule has 0 radical (unpaired) electrons. The molecule has 2 unspecified atom stereocenters. The highest BCUT2D eigenvalue weighted by Gasteiger charge is 2.20. The molecule has 0 aromatic carbocycles. The number of hydrogen-bond acceptors (Lipinski definition) is 1. The van der Waals surface area contributed by atoms with Crippen molar-refractivity contribution in [2.24, 2.45) is 11.8 Å². The molecule has 0 spiro atoms. The highest BCUT2D eigenvalue weighted by atomic mass is 16.1. The number of carbonyl (C=O) groups excluding carboxylic acids is 1. The van der Waals surface area contributed by atoms with Gasteiger partial charge in [0.05, 0.1) is 0 Å². The van der Waals surface area contributed by atoms with Crippen molar-refractivity contribution in [1.82, 2.24) is 0 Å². The molecule has 2 atom stereocenters. The van der Waals surface area contributed by atoms with Crippen LogP contribution in [-0.2, 0) is 4.79 Å². The Hall–Kier alpha value is -0.850. The third-order valence-corrected chi connectivity index (χ3v) is 2.38. The molecule has 1 aliphatic carbocycles. The van der Waals surface area contributed by atoms with Crippen LogP contribution in [0.5, 0.6) is 0 Å². The van der Waals surface area contributed by atoms with Gasteiger partial charge in [-0.15, -0.1) is 0 Å². The zero-order valence-corrected chi connectivity index (χ0v) is 7.79. The van der Waals surface area contributed by atoms with Crippen LogP contribution in [0.1, 0.15) is 26.7 Å². The van der Waals surface area contributed by atoms with E-state index in [0.29, 0.717) is 5.92 Å². The van der Waals surface area contributed by atoms with Crippen LogP contribution in [0, 0.1) is 11.8 Å². The first-order valence-electron chi connectivity index (χ1n) is 4.64. The summed E-state index contributed by atoms with van der Waals surface area (Å²) in [5.74, 6) is 0.886. The van der Waals surface area contributed by atoms with Gasteiger partial charge in [0.15, 0.2) is 5.78 Å². The van der Waals surface area contributed by atoms with E-state index in [1.54, 1.807) is 6.08 Å². The minimum absolute atomic E-state index is 0.134. The van der Waals surface area contributed by atoms with E-state index in [2.05, 4.69) is 13.8 Å². The van der Waals surface area contributed by atoms with Crippen LogP contribution >= 0.6 is 0 Å². The van der Waals surface area contributed by atoms with Crippen molar-refractivity contribution >= 4 is 5.78 Å². The number of hydrogen-bond donors (Lipinski definition) is 0. The summed E-state index contributed by atoms with van der Waals surface area (Å²) in [6.07, 6.45) is 9.77. The van der Waals surface area contributed by atoms with Crippen LogP contribution < -0.4 is 0 Å². The number of carbonyl (C=O) groups is 1. The smallest absolute Gasteiger partial charge is 0.162 e. The van der Waals surface area contributed by atoms with Gasteiger partial charge in [0.25, 0.3) is 0 Å². The fourth-order valence-corrected chi connectivity index (χ4v) is 1.65. The molecule has 12 heavy (non-hydrogen) atoms. The Balaban J connectivity index is 2.56. The summed E-state index contributed by atoms with van der Waals surface area (Å²) >= 11 is 0. The second kappa shape index (κ2) is 4.24. The molecule has 0 amide bonds. The van der Waals surface area contributed by atoms with Gasteiger partial charge in [-0.1, -0.05) is 38.5 Å². The lowest BCUT2D eigenvalue weighted by Gasteiger charge is -2.18. The van der Waals surface area contributed by atoms with E-state index in [1.807, 2.05) is 18.2 Å². The van der Waals surface area contributed by atoms with Gasteiger partial charge >= 0.3 is 0 Å². The molecular weight excluding hydrogens is 148 g/mol. The van der Waals surface area contributed by atoms with E-state index >= 15 is 0 Å². The predicted molar refractivity (Wildman–Crippen MR) is 50.8 cm³/mol. The van der Waals surface area contributed by atoms with Gasteiger partial charge in [0, 0.05) is 5.92 Å². The van der Waals surface area contributed by atoms with Crippen molar-refractivity contribution in [3.8, 4) is 0 Å². The third-order valence-electron chi connectivity index (χ3n) is 2.38. The first-order chi connectivity index (χ1) is 5.75. The largest absolute Gasteiger partial charge is 0.294 e. The van der Waals surface area contributed by atoms with Gasteiger partial charge in [-0.25, -0.2) is 0 Å². The summed E-state index contributed by atoms with van der Waals surface area (Å²) < 4.78 is 0. The van der Waals surface area contributed by atoms with Crippen molar-refractivity contribution in [2.75, 3.05) is 0 Å². The summed E-state index contributed by atoms with van der Waals surface area (Å²) in [4.78, 5) is 11.4. The van der Waals surface area contributed by atoms with Crippen LogP contribution in [0.3, 0.4) is 0 Å². The van der Waals surface area contributed by atoms with Gasteiger partial charge in [-0.2, -0.15) is 0 Å². The SMILES string of the molecule is CCCC(C)C1C=CC=CC1=O. The highest BCUT2D eigenvalue weighted by molar-refractivity contribution is 5.94. The second-order valence-corrected chi connectivity index (χ2v) is 3.44. The molecule has 66 valence electrons. The van der Waals surface area contributed by atoms with E-state index in [0.717, 1.165) is 12.8 Å². The molecule has 0 saturated heterocycles. The topological polar surface area (TPSA) is 17.1 Å². The molecule has 1 nitrogen and oxygen atoms in total. The summed E-state index contributed by atoms with van der Waals surface area (Å²) in [5.41, 5.74) is 0. The molecule has 0 fully saturated rings. The summed E-state index contributed by atoms with van der Waals surface area (Å²) in [5, 5.41) is 0. The van der Waals surface area contributed by atoms with Gasteiger partial charge in [-0.3, -0.25) is 4.79 Å². The fourth-order valence-electron chi connectivity index (χ4n) is 1.65. The van der Waals surface area contributed by atoms with E-state index in [9.17, 15) is 4.79 Å². The van der Waals surface area contributed by atoms with Crippen LogP contribution in [0.2, 0.25) is 0 Å². The average Bonchev–Trinajstić information content (AvgIpc) is 2.05. The normalized spacial score (nSPS) is 24.5. The Bertz CT molecular complexity index is 213. The fraction of sp³-hybridized carbons (Fsp3) is 0.545. The van der Waals surface area contributed by atoms with Gasteiger partial charge < -0.3 is 0 Å². The van der Waals surface area contributed by atoms with Gasteiger partial charge in [-0.05, 0) is 18.4 Å². The Morgan fingerprint density at radius 3 is 2.83 bits per heavy atom. The molecular formula is C11H16O. The lowest BCUT2D eigenvalue weighted by Crippen LogP contribution is -2.19. The summed E-state index contributed by atoms with van der Waals surface area (Å²) in [7, 11) is 0. The molecule has 0 aromatic heterocycles. The molecule has 0 saturated carbocycles. The van der Waals surface area contributed by atoms with E-state index in [-0.39, 0.29) is 11.7 Å². The molecule has 0 aliphatic heterocycles. The Labute approximate surface area is 74.2 Å². The summed E-state index contributed by atoms with van der Waals surface area (Å²) in [6.45, 7) is 4.30. The highest BCUT2D eigenvalue weighted by Crippen LogP contribution is 2.22. The molecule has 1 heteroatoms. The van der Waals surface area contributed by atoms with E-state index < -0.39 is 0 Å². The van der Waals surface area contributed by atoms with Crippen molar-refractivity contribution in [3.63, 3.8) is 0 Å². The van der Waals surface area contributed by atoms with Gasteiger partial charge in [0.1, 0.15) is 0 Å². The van der Waals surface area contributed by atoms with Crippen LogP contribution in [0.25, 0.3) is 0 Å². The predicted octanol–water partition coefficient (Wildman–Crippen LogP) is 2.73. The van der Waals surface area contributed by atoms with Crippen molar-refractivity contribution < 1.29 is 4.79 Å². The molecule has 0 bridgehead atoms. The number of ketones is 1. The maximum atomic E-state index is 11.4. The number of rotatable bonds is 3. The van der Waals surface area contributed by atoms with E-state index in [4.69, 9.17) is 0 Å². The maximum absolute atomic E-state index is 11.4. The van der Waals surface area contributed by atoms with Gasteiger partial charge in [0.2, 0.25) is 0 Å². The Morgan fingerprint density at radius 1 is 1.50 bits per heavy atom. The molecule has 0 aromatic rings. The lowest BCUT2D eigenvalue weighted by molar-refractivity contribution is -0.118. The van der Waals surface area contributed by atoms with Crippen LogP contribution in [0.15, 0.2) is 24.3 Å². The first kappa shape index (κ1) is 9.24. The lowest BCUT2D eigenvalue weighted by atomic mass is 9.85. The van der Waals surface area contributed by atoms with Crippen molar-refractivity contribution in [2.45, 2.75) is 26.7 Å². The molecule has 0 N–H and O–H groups in total. The molecule has 1 rings (SSSR count).